The largest absolute Gasteiger partial charge is 0.352 e. The molecule has 0 unspecified atom stereocenters. The number of benzene rings is 3. The van der Waals surface area contributed by atoms with Gasteiger partial charge in [-0.2, -0.15) is 0 Å². The van der Waals surface area contributed by atoms with Gasteiger partial charge in [-0.3, -0.25) is 13.9 Å². The lowest BCUT2D eigenvalue weighted by Crippen LogP contribution is -2.52. The number of sulfonamides is 1. The number of nitrogens with one attached hydrogen (secondary N) is 1. The van der Waals surface area contributed by atoms with Crippen LogP contribution in [-0.2, 0) is 26.2 Å². The van der Waals surface area contributed by atoms with Crippen LogP contribution < -0.4 is 9.62 Å². The average Bonchev–Trinajstić information content (AvgIpc) is 3.45. The molecule has 0 aliphatic heterocycles. The molecule has 1 fully saturated rings. The Balaban J connectivity index is 1.69. The van der Waals surface area contributed by atoms with E-state index in [1.807, 2.05) is 6.92 Å². The highest BCUT2D eigenvalue weighted by atomic mass is 35.5. The van der Waals surface area contributed by atoms with E-state index in [4.69, 9.17) is 34.8 Å². The molecule has 0 aromatic heterocycles. The summed E-state index contributed by atoms with van der Waals surface area (Å²) >= 11 is 18.4. The second-order valence-corrected chi connectivity index (χ2v) is 13.4. The predicted octanol–water partition coefficient (Wildman–Crippen LogP) is 6.63. The van der Waals surface area contributed by atoms with Crippen LogP contribution in [0.1, 0.15) is 43.7 Å². The van der Waals surface area contributed by atoms with Crippen molar-refractivity contribution in [3.63, 3.8) is 0 Å². The number of anilines is 1. The van der Waals surface area contributed by atoms with Gasteiger partial charge in [-0.05, 0) is 80.8 Å². The zero-order chi connectivity index (χ0) is 29.7. The first kappa shape index (κ1) is 31.2. The topological polar surface area (TPSA) is 86.8 Å². The van der Waals surface area contributed by atoms with E-state index in [1.165, 1.54) is 17.0 Å². The highest BCUT2D eigenvalue weighted by Gasteiger charge is 2.33. The molecule has 7 nitrogen and oxygen atoms in total. The van der Waals surface area contributed by atoms with Gasteiger partial charge < -0.3 is 10.2 Å². The normalized spacial score (nSPS) is 14.5. The molecule has 3 aromatic rings. The lowest BCUT2D eigenvalue weighted by atomic mass is 10.1. The summed E-state index contributed by atoms with van der Waals surface area (Å²) in [4.78, 5) is 28.7. The molecule has 0 radical (unpaired) electrons. The van der Waals surface area contributed by atoms with E-state index in [2.05, 4.69) is 5.32 Å². The minimum absolute atomic E-state index is 0.0218. The summed E-state index contributed by atoms with van der Waals surface area (Å²) in [5, 5.41) is 4.14. The van der Waals surface area contributed by atoms with Gasteiger partial charge in [-0.25, -0.2) is 8.42 Å². The molecular weight excluding hydrogens is 605 g/mol. The third-order valence-electron chi connectivity index (χ3n) is 7.21. The molecule has 0 saturated heterocycles. The van der Waals surface area contributed by atoms with Gasteiger partial charge in [0.05, 0.1) is 20.6 Å². The van der Waals surface area contributed by atoms with Gasteiger partial charge in [0.25, 0.3) is 10.0 Å². The first-order valence-corrected chi connectivity index (χ1v) is 15.9. The second kappa shape index (κ2) is 13.5. The number of nitrogens with zero attached hydrogens (tertiary/aromatic N) is 2. The van der Waals surface area contributed by atoms with Crippen LogP contribution in [0.25, 0.3) is 0 Å². The molecule has 0 bridgehead atoms. The maximum Gasteiger partial charge on any atom is 0.264 e. The lowest BCUT2D eigenvalue weighted by molar-refractivity contribution is -0.139. The molecule has 1 saturated carbocycles. The van der Waals surface area contributed by atoms with Crippen LogP contribution in [0.15, 0.2) is 71.6 Å². The summed E-state index contributed by atoms with van der Waals surface area (Å²) in [7, 11) is -4.16. The number of aryl methyl sites for hydroxylation is 1. The number of rotatable bonds is 10. The Bertz CT molecular complexity index is 1490. The minimum Gasteiger partial charge on any atom is -0.352 e. The Kier molecular flexibility index (Phi) is 10.2. The first-order chi connectivity index (χ1) is 19.5. The van der Waals surface area contributed by atoms with Crippen molar-refractivity contribution in [2.75, 3.05) is 10.8 Å². The van der Waals surface area contributed by atoms with E-state index >= 15 is 0 Å². The van der Waals surface area contributed by atoms with Gasteiger partial charge in [-0.15, -0.1) is 0 Å². The standard InChI is InChI=1S/C30H32Cl3N3O4S/c1-20-7-14-26(15-8-20)41(39,40)36(25-12-10-23(31)11-13-25)19-29(37)35(18-22-9-16-27(32)28(33)17-22)21(2)30(38)34-24-5-3-4-6-24/h7-17,21,24H,3-6,18-19H2,1-2H3,(H,34,38)/t21-/m0/s1. The van der Waals surface area contributed by atoms with Crippen LogP contribution in [0.2, 0.25) is 15.1 Å². The summed E-state index contributed by atoms with van der Waals surface area (Å²) < 4.78 is 28.8. The Morgan fingerprint density at radius 3 is 2.17 bits per heavy atom. The molecule has 2 amide bonds. The number of carbonyl (C=O) groups is 2. The summed E-state index contributed by atoms with van der Waals surface area (Å²) in [5.74, 6) is -0.861. The van der Waals surface area contributed by atoms with Gasteiger partial charge in [0, 0.05) is 17.6 Å². The van der Waals surface area contributed by atoms with Crippen molar-refractivity contribution in [3.05, 3.63) is 92.9 Å². The fraction of sp³-hybridized carbons (Fsp3) is 0.333. The number of halogens is 3. The van der Waals surface area contributed by atoms with Crippen molar-refractivity contribution in [2.24, 2.45) is 0 Å². The Morgan fingerprint density at radius 1 is 0.927 bits per heavy atom. The second-order valence-electron chi connectivity index (χ2n) is 10.2. The minimum atomic E-state index is -4.16. The van der Waals surface area contributed by atoms with Crippen molar-refractivity contribution in [3.8, 4) is 0 Å². The van der Waals surface area contributed by atoms with Gasteiger partial charge >= 0.3 is 0 Å². The Labute approximate surface area is 256 Å². The van der Waals surface area contributed by atoms with Gasteiger partial charge in [0.15, 0.2) is 0 Å². The molecule has 1 aliphatic carbocycles. The molecule has 3 aromatic carbocycles. The first-order valence-electron chi connectivity index (χ1n) is 13.3. The molecular formula is C30H32Cl3N3O4S. The molecule has 41 heavy (non-hydrogen) atoms. The van der Waals surface area contributed by atoms with Gasteiger partial charge in [-0.1, -0.05) is 71.4 Å². The zero-order valence-electron chi connectivity index (χ0n) is 22.8. The number of hydrogen-bond acceptors (Lipinski definition) is 4. The highest BCUT2D eigenvalue weighted by Crippen LogP contribution is 2.28. The van der Waals surface area contributed by atoms with Crippen molar-refractivity contribution in [1.29, 1.82) is 0 Å². The highest BCUT2D eigenvalue weighted by molar-refractivity contribution is 7.92. The van der Waals surface area contributed by atoms with Crippen molar-refractivity contribution >= 4 is 62.3 Å². The Morgan fingerprint density at radius 2 is 1.56 bits per heavy atom. The average molecular weight is 637 g/mol. The van der Waals surface area contributed by atoms with E-state index < -0.39 is 28.5 Å². The lowest BCUT2D eigenvalue weighted by Gasteiger charge is -2.32. The van der Waals surface area contributed by atoms with Gasteiger partial charge in [0.2, 0.25) is 11.8 Å². The predicted molar refractivity (Wildman–Crippen MR) is 164 cm³/mol. The molecule has 4 rings (SSSR count). The smallest absolute Gasteiger partial charge is 0.264 e. The quantitative estimate of drug-likeness (QED) is 0.271. The zero-order valence-corrected chi connectivity index (χ0v) is 25.9. The van der Waals surface area contributed by atoms with Crippen molar-refractivity contribution in [1.82, 2.24) is 10.2 Å². The third-order valence-corrected chi connectivity index (χ3v) is 9.99. The van der Waals surface area contributed by atoms with E-state index in [1.54, 1.807) is 61.5 Å². The van der Waals surface area contributed by atoms with E-state index in [-0.39, 0.29) is 29.1 Å². The van der Waals surface area contributed by atoms with Crippen LogP contribution in [0.3, 0.4) is 0 Å². The monoisotopic (exact) mass is 635 g/mol. The van der Waals surface area contributed by atoms with Crippen molar-refractivity contribution < 1.29 is 18.0 Å². The fourth-order valence-electron chi connectivity index (χ4n) is 4.78. The number of carbonyl (C=O) groups excluding carboxylic acids is 2. The molecule has 1 atom stereocenters. The molecule has 218 valence electrons. The maximum absolute atomic E-state index is 14.0. The Hall–Kier alpha value is -2.78. The number of amides is 2. The maximum atomic E-state index is 14.0. The number of hydrogen-bond donors (Lipinski definition) is 1. The summed E-state index contributed by atoms with van der Waals surface area (Å²) in [6.45, 7) is 2.98. The van der Waals surface area contributed by atoms with Crippen LogP contribution >= 0.6 is 34.8 Å². The molecule has 1 aliphatic rings. The van der Waals surface area contributed by atoms with Gasteiger partial charge in [0.1, 0.15) is 12.6 Å². The van der Waals surface area contributed by atoms with Crippen LogP contribution in [0, 0.1) is 6.92 Å². The van der Waals surface area contributed by atoms with Crippen LogP contribution in [0.4, 0.5) is 5.69 Å². The van der Waals surface area contributed by atoms with E-state index in [0.717, 1.165) is 35.6 Å². The van der Waals surface area contributed by atoms with E-state index in [9.17, 15) is 18.0 Å². The molecule has 0 heterocycles. The van der Waals surface area contributed by atoms with Crippen LogP contribution in [-0.4, -0.2) is 43.8 Å². The van der Waals surface area contributed by atoms with E-state index in [0.29, 0.717) is 20.6 Å². The molecule has 0 spiro atoms. The summed E-state index contributed by atoms with van der Waals surface area (Å²) in [5.41, 5.74) is 1.81. The molecule has 1 N–H and O–H groups in total. The third kappa shape index (κ3) is 7.74. The van der Waals surface area contributed by atoms with Crippen LogP contribution in [0.5, 0.6) is 0 Å². The summed E-state index contributed by atoms with van der Waals surface area (Å²) in [6, 6.07) is 16.7. The SMILES string of the molecule is Cc1ccc(S(=O)(=O)N(CC(=O)N(Cc2ccc(Cl)c(Cl)c2)[C@@H](C)C(=O)NC2CCCC2)c2ccc(Cl)cc2)cc1. The fourth-order valence-corrected chi connectivity index (χ4v) is 6.64. The van der Waals surface area contributed by atoms with Crippen molar-refractivity contribution in [2.45, 2.75) is 63.1 Å². The molecule has 11 heteroatoms. The summed E-state index contributed by atoms with van der Waals surface area (Å²) in [6.07, 6.45) is 3.85.